The Morgan fingerprint density at radius 2 is 2.17 bits per heavy atom. The van der Waals surface area contributed by atoms with Crippen LogP contribution < -0.4 is 0 Å². The average Bonchev–Trinajstić information content (AvgIpc) is 2.40. The van der Waals surface area contributed by atoms with Gasteiger partial charge in [0.05, 0.1) is 19.3 Å². The lowest BCUT2D eigenvalue weighted by molar-refractivity contribution is -0.142. The van der Waals surface area contributed by atoms with Crippen LogP contribution >= 0.6 is 0 Å². The predicted octanol–water partition coefficient (Wildman–Crippen LogP) is 0.288. The van der Waals surface area contributed by atoms with Gasteiger partial charge in [0, 0.05) is 26.0 Å². The Labute approximate surface area is 107 Å². The lowest BCUT2D eigenvalue weighted by Gasteiger charge is -2.38. The second-order valence-corrected chi connectivity index (χ2v) is 4.64. The molecule has 1 aliphatic rings. The second-order valence-electron chi connectivity index (χ2n) is 4.64. The summed E-state index contributed by atoms with van der Waals surface area (Å²) >= 11 is 0. The van der Waals surface area contributed by atoms with Crippen LogP contribution in [-0.2, 0) is 16.0 Å². The molecule has 3 atom stereocenters. The molecular weight excluding hydrogens is 232 g/mol. The van der Waals surface area contributed by atoms with E-state index in [1.54, 1.807) is 19.5 Å². The quantitative estimate of drug-likeness (QED) is 0.834. The Bertz CT molecular complexity index is 361. The zero-order chi connectivity index (χ0) is 13.0. The first-order valence-electron chi connectivity index (χ1n) is 6.10. The van der Waals surface area contributed by atoms with Crippen molar-refractivity contribution < 1.29 is 14.6 Å². The van der Waals surface area contributed by atoms with E-state index < -0.39 is 6.10 Å². The van der Waals surface area contributed by atoms with Gasteiger partial charge in [0.2, 0.25) is 0 Å². The predicted molar refractivity (Wildman–Crippen MR) is 67.1 cm³/mol. The number of aromatic nitrogens is 1. The molecule has 0 unspecified atom stereocenters. The number of pyridine rings is 1. The average molecular weight is 252 g/mol. The monoisotopic (exact) mass is 252 g/mol. The molecule has 100 valence electrons. The third kappa shape index (κ3) is 3.05. The van der Waals surface area contributed by atoms with Crippen molar-refractivity contribution in [2.45, 2.75) is 24.8 Å². The number of ether oxygens (including phenoxy) is 2. The van der Waals surface area contributed by atoms with Gasteiger partial charge in [0.1, 0.15) is 12.2 Å². The molecule has 0 aliphatic carbocycles. The first kappa shape index (κ1) is 13.4. The Morgan fingerprint density at radius 3 is 2.83 bits per heavy atom. The van der Waals surface area contributed by atoms with Gasteiger partial charge in [-0.25, -0.2) is 0 Å². The molecule has 2 heterocycles. The zero-order valence-electron chi connectivity index (χ0n) is 10.8. The highest BCUT2D eigenvalue weighted by atomic mass is 16.5. The Kier molecular flexibility index (Phi) is 4.66. The smallest absolute Gasteiger partial charge is 0.108 e. The second kappa shape index (κ2) is 6.24. The maximum Gasteiger partial charge on any atom is 0.108 e. The molecule has 1 aliphatic heterocycles. The highest BCUT2D eigenvalue weighted by Gasteiger charge is 2.35. The van der Waals surface area contributed by atoms with E-state index in [4.69, 9.17) is 9.47 Å². The standard InChI is InChI=1S/C13H20N2O3/c1-15(7-10-3-5-14-6-4-10)11-8-18-9-12(17-2)13(11)16/h3-6,11-13,16H,7-9H2,1-2H3/t11-,12-,13+/m1/s1. The molecule has 5 nitrogen and oxygen atoms in total. The van der Waals surface area contributed by atoms with Crippen LogP contribution in [0.1, 0.15) is 5.56 Å². The molecule has 1 N–H and O–H groups in total. The molecule has 0 saturated carbocycles. The van der Waals surface area contributed by atoms with E-state index in [0.29, 0.717) is 13.2 Å². The molecule has 18 heavy (non-hydrogen) atoms. The van der Waals surface area contributed by atoms with Crippen molar-refractivity contribution in [3.63, 3.8) is 0 Å². The highest BCUT2D eigenvalue weighted by molar-refractivity contribution is 5.09. The molecule has 1 saturated heterocycles. The largest absolute Gasteiger partial charge is 0.389 e. The van der Waals surface area contributed by atoms with Crippen molar-refractivity contribution in [1.82, 2.24) is 9.88 Å². The number of aliphatic hydroxyl groups excluding tert-OH is 1. The van der Waals surface area contributed by atoms with E-state index in [9.17, 15) is 5.11 Å². The lowest BCUT2D eigenvalue weighted by Crippen LogP contribution is -2.55. The summed E-state index contributed by atoms with van der Waals surface area (Å²) in [6.07, 6.45) is 2.78. The molecule has 0 radical (unpaired) electrons. The minimum absolute atomic E-state index is 0.0446. The molecule has 0 amide bonds. The number of nitrogens with zero attached hydrogens (tertiary/aromatic N) is 2. The van der Waals surface area contributed by atoms with E-state index in [0.717, 1.165) is 6.54 Å². The van der Waals surface area contributed by atoms with E-state index in [1.165, 1.54) is 5.56 Å². The number of rotatable bonds is 4. The fraction of sp³-hybridized carbons (Fsp3) is 0.615. The van der Waals surface area contributed by atoms with Crippen LogP contribution in [0.2, 0.25) is 0 Å². The van der Waals surface area contributed by atoms with Crippen molar-refractivity contribution >= 4 is 0 Å². The summed E-state index contributed by atoms with van der Waals surface area (Å²) in [5.74, 6) is 0. The van der Waals surface area contributed by atoms with Crippen LogP contribution in [0, 0.1) is 0 Å². The molecule has 1 fully saturated rings. The fourth-order valence-electron chi connectivity index (χ4n) is 2.24. The van der Waals surface area contributed by atoms with E-state index >= 15 is 0 Å². The normalized spacial score (nSPS) is 28.6. The van der Waals surface area contributed by atoms with Gasteiger partial charge < -0.3 is 14.6 Å². The molecular formula is C13H20N2O3. The van der Waals surface area contributed by atoms with Crippen molar-refractivity contribution in [2.24, 2.45) is 0 Å². The maximum absolute atomic E-state index is 10.2. The van der Waals surface area contributed by atoms with Crippen molar-refractivity contribution in [3.8, 4) is 0 Å². The summed E-state index contributed by atoms with van der Waals surface area (Å²) in [7, 11) is 3.58. The van der Waals surface area contributed by atoms with Crippen LogP contribution in [0.15, 0.2) is 24.5 Å². The highest BCUT2D eigenvalue weighted by Crippen LogP contribution is 2.17. The topological polar surface area (TPSA) is 54.8 Å². The number of hydrogen-bond acceptors (Lipinski definition) is 5. The minimum atomic E-state index is -0.518. The molecule has 0 aromatic carbocycles. The summed E-state index contributed by atoms with van der Waals surface area (Å²) in [5.41, 5.74) is 1.17. The van der Waals surface area contributed by atoms with Gasteiger partial charge in [0.25, 0.3) is 0 Å². The summed E-state index contributed by atoms with van der Waals surface area (Å²) in [6.45, 7) is 1.74. The molecule has 5 heteroatoms. The molecule has 0 spiro atoms. The lowest BCUT2D eigenvalue weighted by atomic mass is 10.0. The van der Waals surface area contributed by atoms with Crippen molar-refractivity contribution in [2.75, 3.05) is 27.4 Å². The number of aliphatic hydroxyl groups is 1. The van der Waals surface area contributed by atoms with Gasteiger partial charge in [0.15, 0.2) is 0 Å². The van der Waals surface area contributed by atoms with Gasteiger partial charge >= 0.3 is 0 Å². The third-order valence-corrected chi connectivity index (χ3v) is 3.40. The zero-order valence-corrected chi connectivity index (χ0v) is 10.8. The Morgan fingerprint density at radius 1 is 1.44 bits per heavy atom. The van der Waals surface area contributed by atoms with Crippen LogP contribution in [-0.4, -0.2) is 60.6 Å². The number of methoxy groups -OCH3 is 1. The minimum Gasteiger partial charge on any atom is -0.389 e. The first-order chi connectivity index (χ1) is 8.72. The van der Waals surface area contributed by atoms with Crippen molar-refractivity contribution in [1.29, 1.82) is 0 Å². The van der Waals surface area contributed by atoms with E-state index in [1.807, 2.05) is 19.2 Å². The summed E-state index contributed by atoms with van der Waals surface area (Å²) in [4.78, 5) is 6.08. The molecule has 0 bridgehead atoms. The van der Waals surface area contributed by atoms with Crippen LogP contribution in [0.5, 0.6) is 0 Å². The maximum atomic E-state index is 10.2. The number of likely N-dealkylation sites (N-methyl/N-ethyl adjacent to an activating group) is 1. The van der Waals surface area contributed by atoms with Gasteiger partial charge in [-0.3, -0.25) is 9.88 Å². The summed E-state index contributed by atoms with van der Waals surface area (Å²) < 4.78 is 10.7. The van der Waals surface area contributed by atoms with Gasteiger partial charge in [-0.05, 0) is 24.7 Å². The van der Waals surface area contributed by atoms with Gasteiger partial charge in [-0.2, -0.15) is 0 Å². The number of hydrogen-bond donors (Lipinski definition) is 1. The van der Waals surface area contributed by atoms with Crippen molar-refractivity contribution in [3.05, 3.63) is 30.1 Å². The van der Waals surface area contributed by atoms with E-state index in [-0.39, 0.29) is 12.1 Å². The Hall–Kier alpha value is -1.01. The summed E-state index contributed by atoms with van der Waals surface area (Å²) in [5, 5.41) is 10.2. The van der Waals surface area contributed by atoms with Crippen LogP contribution in [0.4, 0.5) is 0 Å². The SMILES string of the molecule is CO[C@@H]1COC[C@@H](N(C)Cc2ccncc2)[C@@H]1O. The first-order valence-corrected chi connectivity index (χ1v) is 6.10. The third-order valence-electron chi connectivity index (χ3n) is 3.40. The molecule has 1 aromatic heterocycles. The molecule has 1 aromatic rings. The summed E-state index contributed by atoms with van der Waals surface area (Å²) in [6, 6.07) is 3.90. The fourth-order valence-corrected chi connectivity index (χ4v) is 2.24. The van der Waals surface area contributed by atoms with Crippen LogP contribution in [0.3, 0.4) is 0 Å². The molecule has 2 rings (SSSR count). The van der Waals surface area contributed by atoms with Gasteiger partial charge in [-0.15, -0.1) is 0 Å². The van der Waals surface area contributed by atoms with E-state index in [2.05, 4.69) is 9.88 Å². The van der Waals surface area contributed by atoms with Gasteiger partial charge in [-0.1, -0.05) is 0 Å². The Balaban J connectivity index is 1.97. The van der Waals surface area contributed by atoms with Crippen LogP contribution in [0.25, 0.3) is 0 Å².